The van der Waals surface area contributed by atoms with Gasteiger partial charge in [0.25, 0.3) is 0 Å². The highest BCUT2D eigenvalue weighted by atomic mass is 32.2. The SMILES string of the molecule is O=S(=O)(c1ccccc1NC1CCCN([C@@H]2CCCN(c3ncnc4[nH]ccc34)C2)C1)N1CCCCC1. The lowest BCUT2D eigenvalue weighted by Gasteiger charge is -2.43. The van der Waals surface area contributed by atoms with Gasteiger partial charge in [0.05, 0.1) is 11.1 Å². The molecule has 5 heterocycles. The van der Waals surface area contributed by atoms with Gasteiger partial charge in [-0.2, -0.15) is 4.31 Å². The summed E-state index contributed by atoms with van der Waals surface area (Å²) in [5, 5.41) is 4.72. The van der Waals surface area contributed by atoms with Crippen LogP contribution >= 0.6 is 0 Å². The summed E-state index contributed by atoms with van der Waals surface area (Å²) in [5.41, 5.74) is 1.62. The number of hydrogen-bond donors (Lipinski definition) is 2. The van der Waals surface area contributed by atoms with Gasteiger partial charge in [0.1, 0.15) is 22.7 Å². The van der Waals surface area contributed by atoms with Gasteiger partial charge in [-0.3, -0.25) is 4.90 Å². The number of H-pyrrole nitrogens is 1. The van der Waals surface area contributed by atoms with Crippen molar-refractivity contribution in [1.29, 1.82) is 0 Å². The third-order valence-electron chi connectivity index (χ3n) is 8.18. The first-order valence-electron chi connectivity index (χ1n) is 13.7. The first-order valence-corrected chi connectivity index (χ1v) is 15.2. The van der Waals surface area contributed by atoms with Crippen molar-refractivity contribution in [2.45, 2.75) is 61.9 Å². The first kappa shape index (κ1) is 24.6. The minimum absolute atomic E-state index is 0.220. The van der Waals surface area contributed by atoms with E-state index < -0.39 is 10.0 Å². The van der Waals surface area contributed by atoms with Gasteiger partial charge in [-0.15, -0.1) is 0 Å². The predicted octanol–water partition coefficient (Wildman–Crippen LogP) is 3.68. The van der Waals surface area contributed by atoms with Gasteiger partial charge in [0.2, 0.25) is 10.0 Å². The van der Waals surface area contributed by atoms with Crippen molar-refractivity contribution in [2.75, 3.05) is 49.5 Å². The Kier molecular flexibility index (Phi) is 7.05. The molecule has 3 aliphatic rings. The predicted molar refractivity (Wildman–Crippen MR) is 146 cm³/mol. The molecule has 3 aromatic rings. The zero-order valence-electron chi connectivity index (χ0n) is 21.3. The molecule has 37 heavy (non-hydrogen) atoms. The molecule has 0 spiro atoms. The minimum atomic E-state index is -3.49. The van der Waals surface area contributed by atoms with Crippen molar-refractivity contribution in [2.24, 2.45) is 0 Å². The van der Waals surface area contributed by atoms with E-state index in [1.807, 2.05) is 24.4 Å². The topological polar surface area (TPSA) is 97.5 Å². The largest absolute Gasteiger partial charge is 0.380 e. The van der Waals surface area contributed by atoms with Gasteiger partial charge >= 0.3 is 0 Å². The minimum Gasteiger partial charge on any atom is -0.380 e. The number of aromatic amines is 1. The summed E-state index contributed by atoms with van der Waals surface area (Å²) in [5.74, 6) is 1.01. The van der Waals surface area contributed by atoms with Crippen LogP contribution in [0.5, 0.6) is 0 Å². The molecule has 10 heteroatoms. The van der Waals surface area contributed by atoms with Crippen molar-refractivity contribution in [1.82, 2.24) is 24.2 Å². The van der Waals surface area contributed by atoms with Crippen LogP contribution in [0.4, 0.5) is 11.5 Å². The lowest BCUT2D eigenvalue weighted by atomic mass is 9.98. The number of anilines is 2. The van der Waals surface area contributed by atoms with Crippen LogP contribution in [0.25, 0.3) is 11.0 Å². The second-order valence-corrected chi connectivity index (χ2v) is 12.5. The summed E-state index contributed by atoms with van der Waals surface area (Å²) in [6, 6.07) is 10.2. The Balaban J connectivity index is 1.15. The molecule has 6 rings (SSSR count). The van der Waals surface area contributed by atoms with E-state index in [1.54, 1.807) is 16.7 Å². The Morgan fingerprint density at radius 2 is 1.73 bits per heavy atom. The quantitative estimate of drug-likeness (QED) is 0.509. The molecule has 3 fully saturated rings. The van der Waals surface area contributed by atoms with Crippen molar-refractivity contribution in [3.05, 3.63) is 42.9 Å². The van der Waals surface area contributed by atoms with Crippen LogP contribution < -0.4 is 10.2 Å². The zero-order chi connectivity index (χ0) is 25.2. The molecule has 2 atom stereocenters. The molecule has 0 radical (unpaired) electrons. The number of rotatable bonds is 6. The number of para-hydroxylation sites is 1. The number of likely N-dealkylation sites (tertiary alicyclic amines) is 1. The number of nitrogens with zero attached hydrogens (tertiary/aromatic N) is 5. The monoisotopic (exact) mass is 523 g/mol. The highest BCUT2D eigenvalue weighted by Crippen LogP contribution is 2.30. The molecule has 0 aliphatic carbocycles. The second-order valence-electron chi connectivity index (χ2n) is 10.6. The van der Waals surface area contributed by atoms with Gasteiger partial charge < -0.3 is 15.2 Å². The Bertz CT molecular complexity index is 1320. The molecular formula is C27H37N7O2S. The number of benzene rings is 1. The summed E-state index contributed by atoms with van der Waals surface area (Å²) < 4.78 is 28.6. The molecule has 0 bridgehead atoms. The van der Waals surface area contributed by atoms with Gasteiger partial charge in [-0.25, -0.2) is 18.4 Å². The van der Waals surface area contributed by atoms with E-state index in [2.05, 4.69) is 36.1 Å². The van der Waals surface area contributed by atoms with E-state index in [4.69, 9.17) is 0 Å². The molecule has 198 valence electrons. The van der Waals surface area contributed by atoms with E-state index in [0.29, 0.717) is 24.0 Å². The number of aromatic nitrogens is 3. The van der Waals surface area contributed by atoms with Crippen molar-refractivity contribution < 1.29 is 8.42 Å². The molecule has 9 nitrogen and oxygen atoms in total. The third-order valence-corrected chi connectivity index (χ3v) is 10.1. The summed E-state index contributed by atoms with van der Waals surface area (Å²) in [4.78, 5) is 17.6. The average molecular weight is 524 g/mol. The fraction of sp³-hybridized carbons (Fsp3) is 0.556. The Morgan fingerprint density at radius 1 is 0.892 bits per heavy atom. The molecule has 2 N–H and O–H groups in total. The number of piperidine rings is 3. The number of hydrogen-bond acceptors (Lipinski definition) is 7. The van der Waals surface area contributed by atoms with Gasteiger partial charge in [-0.1, -0.05) is 18.6 Å². The van der Waals surface area contributed by atoms with E-state index in [9.17, 15) is 8.42 Å². The molecule has 0 amide bonds. The Labute approximate surface area is 219 Å². The maximum Gasteiger partial charge on any atom is 0.245 e. The summed E-state index contributed by atoms with van der Waals surface area (Å²) in [6.45, 7) is 5.18. The molecule has 1 aromatic carbocycles. The fourth-order valence-corrected chi connectivity index (χ4v) is 7.96. The fourth-order valence-electron chi connectivity index (χ4n) is 6.29. The van der Waals surface area contributed by atoms with Crippen molar-refractivity contribution in [3.63, 3.8) is 0 Å². The maximum absolute atomic E-state index is 13.5. The average Bonchev–Trinajstić information content (AvgIpc) is 3.43. The van der Waals surface area contributed by atoms with Crippen molar-refractivity contribution >= 4 is 32.6 Å². The summed E-state index contributed by atoms with van der Waals surface area (Å²) in [6.07, 6.45) is 11.0. The number of nitrogens with one attached hydrogen (secondary N) is 2. The molecule has 3 aliphatic heterocycles. The Morgan fingerprint density at radius 3 is 2.62 bits per heavy atom. The normalized spacial score (nSPS) is 24.4. The highest BCUT2D eigenvalue weighted by molar-refractivity contribution is 7.89. The third kappa shape index (κ3) is 5.06. The Hall–Kier alpha value is -2.69. The van der Waals surface area contributed by atoms with E-state index in [1.165, 1.54) is 6.42 Å². The van der Waals surface area contributed by atoms with Crippen LogP contribution in [0, 0.1) is 0 Å². The number of fused-ring (bicyclic) bond motifs is 1. The van der Waals surface area contributed by atoms with E-state index >= 15 is 0 Å². The summed E-state index contributed by atoms with van der Waals surface area (Å²) in [7, 11) is -3.49. The van der Waals surface area contributed by atoms with Crippen LogP contribution in [0.1, 0.15) is 44.9 Å². The van der Waals surface area contributed by atoms with Crippen LogP contribution in [-0.2, 0) is 10.0 Å². The number of sulfonamides is 1. The molecular weight excluding hydrogens is 486 g/mol. The van der Waals surface area contributed by atoms with Crippen LogP contribution in [0.2, 0.25) is 0 Å². The van der Waals surface area contributed by atoms with Crippen LogP contribution in [0.15, 0.2) is 47.8 Å². The molecule has 3 saturated heterocycles. The van der Waals surface area contributed by atoms with Gasteiger partial charge in [-0.05, 0) is 63.3 Å². The van der Waals surface area contributed by atoms with Crippen LogP contribution in [-0.4, -0.2) is 83.9 Å². The lowest BCUT2D eigenvalue weighted by Crippen LogP contribution is -2.53. The van der Waals surface area contributed by atoms with Crippen LogP contribution in [0.3, 0.4) is 0 Å². The smallest absolute Gasteiger partial charge is 0.245 e. The lowest BCUT2D eigenvalue weighted by molar-refractivity contribution is 0.139. The van der Waals surface area contributed by atoms with E-state index in [0.717, 1.165) is 87.2 Å². The standard InChI is InChI=1S/C27H37N7O2S/c35-37(36,34-16-4-1-5-17-34)25-11-3-2-10-24(25)31-21-8-6-14-32(18-21)22-9-7-15-33(19-22)27-23-12-13-28-26(23)29-20-30-27/h2-3,10-13,20-22,31H,1,4-9,14-19H2,(H,28,29,30)/t21?,22-/m1/s1. The summed E-state index contributed by atoms with van der Waals surface area (Å²) >= 11 is 0. The molecule has 1 unspecified atom stereocenters. The second kappa shape index (κ2) is 10.6. The first-order chi connectivity index (χ1) is 18.1. The highest BCUT2D eigenvalue weighted by Gasteiger charge is 2.32. The zero-order valence-corrected chi connectivity index (χ0v) is 22.2. The van der Waals surface area contributed by atoms with Crippen molar-refractivity contribution in [3.8, 4) is 0 Å². The van der Waals surface area contributed by atoms with E-state index in [-0.39, 0.29) is 6.04 Å². The van der Waals surface area contributed by atoms with Gasteiger partial charge in [0.15, 0.2) is 0 Å². The molecule has 2 aromatic heterocycles. The molecule has 0 saturated carbocycles. The van der Waals surface area contributed by atoms with Gasteiger partial charge in [0, 0.05) is 51.0 Å². The maximum atomic E-state index is 13.5.